The molecule has 1 aromatic carbocycles. The Balaban J connectivity index is 0.00000420. The number of hydrogen-bond donors (Lipinski definition) is 2. The van der Waals surface area contributed by atoms with Gasteiger partial charge in [0.05, 0.1) is 22.8 Å². The molecule has 0 bridgehead atoms. The SMILES string of the molecule is O=C([O-])C[C@H](O)C[C@H](O)COc1c(Cl)cc(Cl)cc1C(F)(F)C1CCCCC1.[Na+]. The molecule has 0 amide bonds. The molecule has 10 heteroatoms. The molecule has 0 heterocycles. The summed E-state index contributed by atoms with van der Waals surface area (Å²) in [4.78, 5) is 10.5. The van der Waals surface area contributed by atoms with E-state index in [1.807, 2.05) is 0 Å². The zero-order chi connectivity index (χ0) is 20.9. The Bertz CT molecular complexity index is 687. The molecule has 1 saturated carbocycles. The van der Waals surface area contributed by atoms with Crippen LogP contribution in [-0.2, 0) is 10.7 Å². The largest absolute Gasteiger partial charge is 1.00 e. The fourth-order valence-electron chi connectivity index (χ4n) is 3.48. The monoisotopic (exact) mass is 462 g/mol. The van der Waals surface area contributed by atoms with Gasteiger partial charge in [0.25, 0.3) is 5.92 Å². The van der Waals surface area contributed by atoms with E-state index >= 15 is 8.78 Å². The van der Waals surface area contributed by atoms with Crippen LogP contribution < -0.4 is 39.4 Å². The summed E-state index contributed by atoms with van der Waals surface area (Å²) in [5, 5.41) is 29.9. The van der Waals surface area contributed by atoms with Gasteiger partial charge in [0.15, 0.2) is 0 Å². The standard InChI is InChI=1S/C19H24Cl2F2O5.Na/c20-12-6-15(19(22,23)11-4-2-1-3-5-11)18(16(21)7-12)28-10-14(25)8-13(24)9-17(26)27;/h6-7,11,13-14,24-25H,1-5,8-10H2,(H,26,27);/q;+1/p-1/t13-,14+;/m1./s1. The van der Waals surface area contributed by atoms with Gasteiger partial charge in [-0.3, -0.25) is 0 Å². The van der Waals surface area contributed by atoms with Crippen LogP contribution in [0.15, 0.2) is 12.1 Å². The number of carboxylic acid groups (broad SMARTS) is 1. The summed E-state index contributed by atoms with van der Waals surface area (Å²) >= 11 is 12.0. The van der Waals surface area contributed by atoms with Crippen LogP contribution in [0.3, 0.4) is 0 Å². The Kier molecular flexibility index (Phi) is 11.2. The van der Waals surface area contributed by atoms with Gasteiger partial charge in [-0.2, -0.15) is 0 Å². The van der Waals surface area contributed by atoms with Crippen molar-refractivity contribution >= 4 is 29.2 Å². The first-order valence-electron chi connectivity index (χ1n) is 9.17. The number of benzene rings is 1. The normalized spacial score (nSPS) is 17.3. The minimum Gasteiger partial charge on any atom is -0.550 e. The molecule has 0 unspecified atom stereocenters. The fourth-order valence-corrected chi connectivity index (χ4v) is 4.03. The summed E-state index contributed by atoms with van der Waals surface area (Å²) in [5.41, 5.74) is -0.431. The molecule has 0 aliphatic heterocycles. The number of halogens is 4. The van der Waals surface area contributed by atoms with E-state index in [1.165, 1.54) is 6.07 Å². The average molecular weight is 463 g/mol. The van der Waals surface area contributed by atoms with Crippen molar-refractivity contribution in [2.45, 2.75) is 63.1 Å². The molecular weight excluding hydrogens is 440 g/mol. The van der Waals surface area contributed by atoms with E-state index in [9.17, 15) is 20.1 Å². The molecule has 5 nitrogen and oxygen atoms in total. The van der Waals surface area contributed by atoms with Crippen LogP contribution in [0.1, 0.15) is 50.5 Å². The molecule has 0 saturated heterocycles. The van der Waals surface area contributed by atoms with Crippen molar-refractivity contribution in [1.29, 1.82) is 0 Å². The van der Waals surface area contributed by atoms with Gasteiger partial charge in [-0.25, -0.2) is 8.78 Å². The summed E-state index contributed by atoms with van der Waals surface area (Å²) < 4.78 is 35.7. The van der Waals surface area contributed by atoms with Crippen LogP contribution in [0.4, 0.5) is 8.78 Å². The first-order chi connectivity index (χ1) is 13.1. The van der Waals surface area contributed by atoms with Gasteiger partial charge in [0.2, 0.25) is 0 Å². The van der Waals surface area contributed by atoms with E-state index < -0.39 is 48.6 Å². The van der Waals surface area contributed by atoms with Crippen molar-refractivity contribution in [2.24, 2.45) is 5.92 Å². The van der Waals surface area contributed by atoms with Gasteiger partial charge in [-0.05, 0) is 25.0 Å². The zero-order valence-electron chi connectivity index (χ0n) is 16.2. The second kappa shape index (κ2) is 12.0. The Morgan fingerprint density at radius 3 is 2.41 bits per heavy atom. The molecule has 29 heavy (non-hydrogen) atoms. The zero-order valence-corrected chi connectivity index (χ0v) is 19.7. The van der Waals surface area contributed by atoms with Crippen molar-refractivity contribution in [1.82, 2.24) is 0 Å². The number of carbonyl (C=O) groups is 1. The van der Waals surface area contributed by atoms with Crippen LogP contribution in [-0.4, -0.2) is 35.0 Å². The maximum Gasteiger partial charge on any atom is 1.00 e. The first kappa shape index (κ1) is 26.9. The molecule has 1 fully saturated rings. The Morgan fingerprint density at radius 2 is 1.83 bits per heavy atom. The number of carboxylic acids is 1. The number of aliphatic carboxylic acids is 1. The van der Waals surface area contributed by atoms with Gasteiger partial charge in [-0.15, -0.1) is 0 Å². The smallest absolute Gasteiger partial charge is 0.550 e. The number of hydrogen-bond acceptors (Lipinski definition) is 5. The van der Waals surface area contributed by atoms with Gasteiger partial charge < -0.3 is 24.9 Å². The van der Waals surface area contributed by atoms with E-state index in [0.29, 0.717) is 12.8 Å². The minimum atomic E-state index is -3.20. The summed E-state index contributed by atoms with van der Waals surface area (Å²) in [6, 6.07) is 2.39. The average Bonchev–Trinajstić information content (AvgIpc) is 2.60. The van der Waals surface area contributed by atoms with Crippen LogP contribution >= 0.6 is 23.2 Å². The second-order valence-electron chi connectivity index (χ2n) is 7.15. The molecule has 1 aromatic rings. The molecule has 2 rings (SSSR count). The van der Waals surface area contributed by atoms with Gasteiger partial charge in [0.1, 0.15) is 12.4 Å². The van der Waals surface area contributed by atoms with E-state index in [4.69, 9.17) is 27.9 Å². The number of rotatable bonds is 9. The van der Waals surface area contributed by atoms with Gasteiger partial charge in [-0.1, -0.05) is 42.5 Å². The number of alkyl halides is 2. The maximum absolute atomic E-state index is 15.2. The van der Waals surface area contributed by atoms with Crippen LogP contribution in [0.25, 0.3) is 0 Å². The Hall–Kier alpha value is -0.150. The first-order valence-corrected chi connectivity index (χ1v) is 9.93. The summed E-state index contributed by atoms with van der Waals surface area (Å²) in [7, 11) is 0. The Labute approximate surface area is 200 Å². The van der Waals surface area contributed by atoms with Crippen molar-refractivity contribution in [2.75, 3.05) is 6.61 Å². The molecule has 2 N–H and O–H groups in total. The van der Waals surface area contributed by atoms with Crippen molar-refractivity contribution < 1.29 is 63.2 Å². The number of ether oxygens (including phenoxy) is 1. The van der Waals surface area contributed by atoms with E-state index in [1.54, 1.807) is 0 Å². The molecule has 2 atom stereocenters. The summed E-state index contributed by atoms with van der Waals surface area (Å²) in [5.74, 6) is -5.79. The summed E-state index contributed by atoms with van der Waals surface area (Å²) in [6.45, 7) is -0.445. The summed E-state index contributed by atoms with van der Waals surface area (Å²) in [6.07, 6.45) is -0.447. The number of aliphatic hydroxyl groups is 2. The molecule has 0 aromatic heterocycles. The third-order valence-corrected chi connectivity index (χ3v) is 5.35. The third-order valence-electron chi connectivity index (χ3n) is 4.85. The number of aliphatic hydroxyl groups excluding tert-OH is 2. The molecule has 0 spiro atoms. The Morgan fingerprint density at radius 1 is 1.21 bits per heavy atom. The predicted molar refractivity (Wildman–Crippen MR) is 98.7 cm³/mol. The van der Waals surface area contributed by atoms with Crippen molar-refractivity contribution in [3.05, 3.63) is 27.7 Å². The molecule has 1 aliphatic carbocycles. The quantitative estimate of drug-likeness (QED) is 0.515. The van der Waals surface area contributed by atoms with Crippen molar-refractivity contribution in [3.8, 4) is 5.75 Å². The van der Waals surface area contributed by atoms with Gasteiger partial charge >= 0.3 is 29.6 Å². The predicted octanol–water partition coefficient (Wildman–Crippen LogP) is 0.300. The molecular formula is C19H23Cl2F2NaO5. The minimum absolute atomic E-state index is 0. The van der Waals surface area contributed by atoms with Gasteiger partial charge in [0, 0.05) is 29.8 Å². The van der Waals surface area contributed by atoms with Crippen LogP contribution in [0.2, 0.25) is 10.0 Å². The topological polar surface area (TPSA) is 89.8 Å². The second-order valence-corrected chi connectivity index (χ2v) is 8.00. The maximum atomic E-state index is 15.2. The molecule has 0 radical (unpaired) electrons. The fraction of sp³-hybridized carbons (Fsp3) is 0.632. The third kappa shape index (κ3) is 7.80. The van der Waals surface area contributed by atoms with Crippen LogP contribution in [0.5, 0.6) is 5.75 Å². The van der Waals surface area contributed by atoms with E-state index in [-0.39, 0.29) is 51.8 Å². The van der Waals surface area contributed by atoms with E-state index in [2.05, 4.69) is 0 Å². The number of carbonyl (C=O) groups excluding carboxylic acids is 1. The van der Waals surface area contributed by atoms with Crippen molar-refractivity contribution in [3.63, 3.8) is 0 Å². The molecule has 158 valence electrons. The van der Waals surface area contributed by atoms with E-state index in [0.717, 1.165) is 25.3 Å². The van der Waals surface area contributed by atoms with Crippen LogP contribution in [0, 0.1) is 5.92 Å². The molecule has 1 aliphatic rings.